The first-order valence-electron chi connectivity index (χ1n) is 3.09. The van der Waals surface area contributed by atoms with E-state index in [0.717, 1.165) is 19.3 Å². The van der Waals surface area contributed by atoms with Gasteiger partial charge in [-0.15, -0.1) is 0 Å². The van der Waals surface area contributed by atoms with Crippen molar-refractivity contribution < 1.29 is 4.79 Å². The maximum atomic E-state index is 10.4. The van der Waals surface area contributed by atoms with Crippen LogP contribution in [0.5, 0.6) is 0 Å². The van der Waals surface area contributed by atoms with Crippen molar-refractivity contribution in [2.75, 3.05) is 0 Å². The molecule has 0 aromatic carbocycles. The molecule has 60 valence electrons. The average Bonchev–Trinajstić information content (AvgIpc) is 1.79. The fourth-order valence-electron chi connectivity index (χ4n) is 0.563. The van der Waals surface area contributed by atoms with Gasteiger partial charge >= 0.3 is 0 Å². The summed E-state index contributed by atoms with van der Waals surface area (Å²) in [5.74, 6) is 0. The summed E-state index contributed by atoms with van der Waals surface area (Å²) in [5.41, 5.74) is 0. The molecule has 0 saturated carbocycles. The van der Waals surface area contributed by atoms with Crippen LogP contribution in [0.3, 0.4) is 0 Å². The third-order valence-electron chi connectivity index (χ3n) is 1.05. The number of halogens is 3. The Morgan fingerprint density at radius 3 is 2.30 bits per heavy atom. The molecule has 0 aliphatic heterocycles. The summed E-state index contributed by atoms with van der Waals surface area (Å²) in [6.07, 6.45) is 3.77. The molecule has 10 heavy (non-hydrogen) atoms. The van der Waals surface area contributed by atoms with Gasteiger partial charge in [-0.2, -0.15) is 0 Å². The quantitative estimate of drug-likeness (QED) is 0.426. The number of carbonyl (C=O) groups is 1. The van der Waals surface area contributed by atoms with E-state index in [-0.39, 0.29) is 4.69 Å². The van der Waals surface area contributed by atoms with Crippen LogP contribution in [0.15, 0.2) is 0 Å². The second kappa shape index (κ2) is 6.80. The number of rotatable bonds is 5. The van der Waals surface area contributed by atoms with E-state index in [0.29, 0.717) is 10.2 Å². The Morgan fingerprint density at radius 1 is 1.30 bits per heavy atom. The van der Waals surface area contributed by atoms with Gasteiger partial charge in [-0.05, 0) is 28.8 Å². The van der Waals surface area contributed by atoms with E-state index in [2.05, 4.69) is 47.8 Å². The van der Waals surface area contributed by atoms with Crippen molar-refractivity contribution in [2.24, 2.45) is 0 Å². The molecule has 0 bridgehead atoms. The monoisotopic (exact) mass is 334 g/mol. The first-order chi connectivity index (χ1) is 4.63. The summed E-state index contributed by atoms with van der Waals surface area (Å²) >= 11 is 9.60. The molecule has 0 amide bonds. The van der Waals surface area contributed by atoms with Crippen molar-refractivity contribution in [1.29, 1.82) is 0 Å². The summed E-state index contributed by atoms with van der Waals surface area (Å²) in [6.45, 7) is 0. The maximum Gasteiger partial charge on any atom is 0.197 e. The fraction of sp³-hybridized carbons (Fsp3) is 0.833. The van der Waals surface area contributed by atoms with Crippen LogP contribution in [0.1, 0.15) is 25.7 Å². The minimum absolute atomic E-state index is 0.105. The van der Waals surface area contributed by atoms with Crippen LogP contribution in [0.4, 0.5) is 0 Å². The molecule has 4 heteroatoms. The molecule has 0 fully saturated rings. The fourth-order valence-corrected chi connectivity index (χ4v) is 1.49. The first-order valence-corrected chi connectivity index (χ1v) is 5.72. The Labute approximate surface area is 86.3 Å². The summed E-state index contributed by atoms with van der Waals surface area (Å²) in [7, 11) is 0. The van der Waals surface area contributed by atoms with Crippen molar-refractivity contribution >= 4 is 52.5 Å². The number of unbranched alkanes of at least 4 members (excludes halogenated alkanes) is 1. The van der Waals surface area contributed by atoms with Gasteiger partial charge in [0.2, 0.25) is 0 Å². The standard InChI is InChI=1S/C6H9Br3O/c7-5(8)3-1-2-4-6(9)10/h5H,1-4H2. The highest BCUT2D eigenvalue weighted by Gasteiger charge is 1.98. The lowest BCUT2D eigenvalue weighted by molar-refractivity contribution is -0.110. The Kier molecular flexibility index (Phi) is 7.55. The molecule has 0 heterocycles. The summed E-state index contributed by atoms with van der Waals surface area (Å²) in [6, 6.07) is 0. The molecule has 0 radical (unpaired) electrons. The summed E-state index contributed by atoms with van der Waals surface area (Å²) in [4.78, 5) is 10.4. The van der Waals surface area contributed by atoms with Crippen molar-refractivity contribution in [3.63, 3.8) is 0 Å². The van der Waals surface area contributed by atoms with E-state index >= 15 is 0 Å². The minimum Gasteiger partial charge on any atom is -0.287 e. The minimum atomic E-state index is 0.105. The van der Waals surface area contributed by atoms with Gasteiger partial charge in [0.15, 0.2) is 4.69 Å². The summed E-state index contributed by atoms with van der Waals surface area (Å²) in [5, 5.41) is 0. The second-order valence-electron chi connectivity index (χ2n) is 1.99. The topological polar surface area (TPSA) is 17.1 Å². The molecular formula is C6H9Br3O. The molecule has 0 aromatic rings. The molecule has 0 rings (SSSR count). The van der Waals surface area contributed by atoms with Crippen LogP contribution in [-0.4, -0.2) is 8.43 Å². The number of hydrogen-bond acceptors (Lipinski definition) is 1. The Balaban J connectivity index is 2.98. The lowest BCUT2D eigenvalue weighted by Gasteiger charge is -1.98. The van der Waals surface area contributed by atoms with E-state index in [1.165, 1.54) is 0 Å². The zero-order valence-electron chi connectivity index (χ0n) is 5.45. The van der Waals surface area contributed by atoms with Crippen LogP contribution in [0, 0.1) is 0 Å². The number of alkyl halides is 2. The normalized spacial score (nSPS) is 10.4. The molecule has 1 nitrogen and oxygen atoms in total. The smallest absolute Gasteiger partial charge is 0.197 e. The lowest BCUT2D eigenvalue weighted by Crippen LogP contribution is -1.88. The molecule has 0 saturated heterocycles. The molecular weight excluding hydrogens is 328 g/mol. The molecule has 0 unspecified atom stereocenters. The lowest BCUT2D eigenvalue weighted by atomic mass is 10.2. The van der Waals surface area contributed by atoms with Gasteiger partial charge in [-0.25, -0.2) is 0 Å². The van der Waals surface area contributed by atoms with Gasteiger partial charge in [0.25, 0.3) is 0 Å². The zero-order valence-corrected chi connectivity index (χ0v) is 10.2. The van der Waals surface area contributed by atoms with E-state index < -0.39 is 0 Å². The summed E-state index contributed by atoms with van der Waals surface area (Å²) < 4.78 is 0.499. The average molecular weight is 337 g/mol. The van der Waals surface area contributed by atoms with Crippen LogP contribution in [-0.2, 0) is 4.79 Å². The second-order valence-corrected chi connectivity index (χ2v) is 6.32. The van der Waals surface area contributed by atoms with E-state index in [4.69, 9.17) is 0 Å². The maximum absolute atomic E-state index is 10.4. The van der Waals surface area contributed by atoms with E-state index in [1.807, 2.05) is 0 Å². The van der Waals surface area contributed by atoms with Crippen molar-refractivity contribution in [2.45, 2.75) is 29.4 Å². The van der Waals surface area contributed by atoms with Crippen LogP contribution in [0.25, 0.3) is 0 Å². The van der Waals surface area contributed by atoms with Gasteiger partial charge in [-0.3, -0.25) is 4.79 Å². The van der Waals surface area contributed by atoms with Gasteiger partial charge in [-0.1, -0.05) is 38.3 Å². The Bertz CT molecular complexity index is 103. The number of hydrogen-bond donors (Lipinski definition) is 0. The molecule has 0 aromatic heterocycles. The molecule has 0 aliphatic carbocycles. The predicted molar refractivity (Wildman–Crippen MR) is 54.0 cm³/mol. The highest BCUT2D eigenvalue weighted by Crippen LogP contribution is 2.16. The predicted octanol–water partition coefficient (Wildman–Crippen LogP) is 3.58. The van der Waals surface area contributed by atoms with Crippen LogP contribution >= 0.6 is 47.8 Å². The third-order valence-corrected chi connectivity index (χ3v) is 2.36. The van der Waals surface area contributed by atoms with Crippen molar-refractivity contribution in [3.8, 4) is 0 Å². The Hall–Kier alpha value is 1.11. The highest BCUT2D eigenvalue weighted by molar-refractivity contribution is 9.24. The molecule has 0 N–H and O–H groups in total. The van der Waals surface area contributed by atoms with Gasteiger partial charge < -0.3 is 0 Å². The molecule has 0 atom stereocenters. The number of carbonyl (C=O) groups excluding carboxylic acids is 1. The van der Waals surface area contributed by atoms with Crippen LogP contribution in [0.2, 0.25) is 0 Å². The first kappa shape index (κ1) is 11.1. The SMILES string of the molecule is O=C(Br)CCCCC(Br)Br. The van der Waals surface area contributed by atoms with Gasteiger partial charge in [0, 0.05) is 6.42 Å². The Morgan fingerprint density at radius 2 is 1.90 bits per heavy atom. The van der Waals surface area contributed by atoms with Crippen molar-refractivity contribution in [1.82, 2.24) is 0 Å². The molecule has 0 spiro atoms. The highest BCUT2D eigenvalue weighted by atomic mass is 79.9. The van der Waals surface area contributed by atoms with Crippen LogP contribution < -0.4 is 0 Å². The molecule has 0 aliphatic rings. The third kappa shape index (κ3) is 9.11. The van der Waals surface area contributed by atoms with Crippen molar-refractivity contribution in [3.05, 3.63) is 0 Å². The zero-order chi connectivity index (χ0) is 7.98. The van der Waals surface area contributed by atoms with E-state index in [1.54, 1.807) is 0 Å². The van der Waals surface area contributed by atoms with Gasteiger partial charge in [0.1, 0.15) is 0 Å². The van der Waals surface area contributed by atoms with Gasteiger partial charge in [0.05, 0.1) is 3.74 Å². The largest absolute Gasteiger partial charge is 0.287 e. The van der Waals surface area contributed by atoms with E-state index in [9.17, 15) is 4.79 Å².